The second-order valence-corrected chi connectivity index (χ2v) is 10.8. The SMILES string of the molecule is CC(C)(NS(=O)(=O)c1ccc(-c2c(C(N)=O)c3cc(C(F)(F)F)cnc3n2-c2ccccc2)cc1)C(F)(F)F. The van der Waals surface area contributed by atoms with Crippen molar-refractivity contribution in [1.29, 1.82) is 0 Å². The smallest absolute Gasteiger partial charge is 0.366 e. The Morgan fingerprint density at radius 3 is 2.05 bits per heavy atom. The summed E-state index contributed by atoms with van der Waals surface area (Å²) in [6.45, 7) is 1.33. The number of benzene rings is 2. The van der Waals surface area contributed by atoms with Crippen LogP contribution in [0.1, 0.15) is 29.8 Å². The van der Waals surface area contributed by atoms with Crippen molar-refractivity contribution in [2.45, 2.75) is 36.6 Å². The van der Waals surface area contributed by atoms with E-state index in [0.29, 0.717) is 25.7 Å². The molecular weight excluding hydrogens is 550 g/mol. The first-order valence-electron chi connectivity index (χ1n) is 11.1. The van der Waals surface area contributed by atoms with Gasteiger partial charge in [0.25, 0.3) is 5.91 Å². The molecule has 0 unspecified atom stereocenters. The first-order chi connectivity index (χ1) is 17.9. The Kier molecular flexibility index (Phi) is 6.76. The van der Waals surface area contributed by atoms with Crippen LogP contribution in [0, 0.1) is 0 Å². The number of amides is 1. The molecule has 0 fully saturated rings. The van der Waals surface area contributed by atoms with Crippen LogP contribution in [0.4, 0.5) is 26.3 Å². The third-order valence-corrected chi connectivity index (χ3v) is 7.60. The summed E-state index contributed by atoms with van der Waals surface area (Å²) in [4.78, 5) is 16.0. The van der Waals surface area contributed by atoms with Gasteiger partial charge in [0.2, 0.25) is 10.0 Å². The fraction of sp³-hybridized carbons (Fsp3) is 0.200. The van der Waals surface area contributed by atoms with Crippen LogP contribution in [-0.2, 0) is 16.2 Å². The highest BCUT2D eigenvalue weighted by Crippen LogP contribution is 2.39. The lowest BCUT2D eigenvalue weighted by atomic mass is 10.0. The minimum atomic E-state index is -4.88. The summed E-state index contributed by atoms with van der Waals surface area (Å²) >= 11 is 0. The molecule has 14 heteroatoms. The Balaban J connectivity index is 1.95. The molecule has 2 aromatic heterocycles. The molecule has 1 amide bonds. The number of rotatable bonds is 6. The molecule has 7 nitrogen and oxygen atoms in total. The van der Waals surface area contributed by atoms with Crippen molar-refractivity contribution < 1.29 is 39.6 Å². The number of nitrogens with zero attached hydrogens (tertiary/aromatic N) is 2. The van der Waals surface area contributed by atoms with Crippen LogP contribution >= 0.6 is 0 Å². The van der Waals surface area contributed by atoms with Crippen LogP contribution in [0.2, 0.25) is 0 Å². The monoisotopic (exact) mass is 570 g/mol. The Morgan fingerprint density at radius 2 is 1.54 bits per heavy atom. The average molecular weight is 571 g/mol. The Bertz CT molecular complexity index is 1660. The van der Waals surface area contributed by atoms with Crippen molar-refractivity contribution in [2.75, 3.05) is 0 Å². The van der Waals surface area contributed by atoms with Gasteiger partial charge in [-0.1, -0.05) is 30.3 Å². The van der Waals surface area contributed by atoms with Crippen molar-refractivity contribution in [3.8, 4) is 16.9 Å². The van der Waals surface area contributed by atoms with Crippen molar-refractivity contribution in [2.24, 2.45) is 5.73 Å². The number of alkyl halides is 6. The van der Waals surface area contributed by atoms with Crippen LogP contribution in [0.3, 0.4) is 0 Å². The molecule has 3 N–H and O–H groups in total. The number of pyridine rings is 1. The van der Waals surface area contributed by atoms with Crippen molar-refractivity contribution in [3.05, 3.63) is 78.0 Å². The average Bonchev–Trinajstić information content (AvgIpc) is 3.17. The lowest BCUT2D eigenvalue weighted by Gasteiger charge is -2.28. The number of carbonyl (C=O) groups excluding carboxylic acids is 1. The third-order valence-electron chi connectivity index (χ3n) is 5.93. The molecule has 0 bridgehead atoms. The Hall–Kier alpha value is -3.91. The number of hydrogen-bond acceptors (Lipinski definition) is 4. The summed E-state index contributed by atoms with van der Waals surface area (Å²) in [5.74, 6) is -1.07. The maximum absolute atomic E-state index is 13.5. The van der Waals surface area contributed by atoms with Gasteiger partial charge in [0.1, 0.15) is 11.2 Å². The van der Waals surface area contributed by atoms with Gasteiger partial charge in [-0.2, -0.15) is 31.1 Å². The number of nitrogens with two attached hydrogens (primary N) is 1. The maximum Gasteiger partial charge on any atom is 0.417 e. The normalized spacial score (nSPS) is 13.1. The minimum absolute atomic E-state index is 0.0167. The molecular formula is C25H20F6N4O3S. The standard InChI is InChI=1S/C25H20F6N4O3S/c1-23(2,25(29,30)31)34-39(37,38)17-10-8-14(9-11-17)20-19(21(32)36)18-12-15(24(26,27)28)13-33-22(18)35(20)16-6-4-3-5-7-16/h3-13,34H,1-2H3,(H2,32,36). The fourth-order valence-electron chi connectivity index (χ4n) is 3.92. The third kappa shape index (κ3) is 5.21. The Morgan fingerprint density at radius 1 is 0.949 bits per heavy atom. The lowest BCUT2D eigenvalue weighted by molar-refractivity contribution is -0.180. The molecule has 0 saturated carbocycles. The van der Waals surface area contributed by atoms with Crippen LogP contribution in [-0.4, -0.2) is 35.6 Å². The molecule has 0 radical (unpaired) electrons. The number of hydrogen-bond donors (Lipinski definition) is 2. The summed E-state index contributed by atoms with van der Waals surface area (Å²) in [6.07, 6.45) is -9.03. The van der Waals surface area contributed by atoms with E-state index in [4.69, 9.17) is 5.73 Å². The summed E-state index contributed by atoms with van der Waals surface area (Å²) < 4.78 is 108. The number of nitrogens with one attached hydrogen (secondary N) is 1. The van der Waals surface area contributed by atoms with Gasteiger partial charge in [0, 0.05) is 17.3 Å². The fourth-order valence-corrected chi connectivity index (χ4v) is 5.32. The number of sulfonamides is 1. The molecule has 39 heavy (non-hydrogen) atoms. The number of aromatic nitrogens is 2. The lowest BCUT2D eigenvalue weighted by Crippen LogP contribution is -2.54. The zero-order valence-electron chi connectivity index (χ0n) is 20.2. The minimum Gasteiger partial charge on any atom is -0.366 e. The molecule has 0 aliphatic heterocycles. The molecule has 4 rings (SSSR count). The van der Waals surface area contributed by atoms with Crippen molar-refractivity contribution >= 4 is 27.0 Å². The molecule has 206 valence electrons. The van der Waals surface area contributed by atoms with Gasteiger partial charge in [-0.15, -0.1) is 0 Å². The largest absolute Gasteiger partial charge is 0.417 e. The second-order valence-electron chi connectivity index (χ2n) is 9.10. The molecule has 0 atom stereocenters. The van der Waals surface area contributed by atoms with Crippen LogP contribution in [0.25, 0.3) is 28.0 Å². The van der Waals surface area contributed by atoms with Crippen molar-refractivity contribution in [3.63, 3.8) is 0 Å². The number of carbonyl (C=O) groups is 1. The van der Waals surface area contributed by atoms with E-state index in [9.17, 15) is 39.6 Å². The second kappa shape index (κ2) is 9.38. The van der Waals surface area contributed by atoms with Gasteiger partial charge >= 0.3 is 12.4 Å². The Labute approximate surface area is 218 Å². The predicted octanol–water partition coefficient (Wildman–Crippen LogP) is 5.43. The van der Waals surface area contributed by atoms with Gasteiger partial charge in [0.15, 0.2) is 0 Å². The van der Waals surface area contributed by atoms with Gasteiger partial charge < -0.3 is 5.73 Å². The number of fused-ring (bicyclic) bond motifs is 1. The van der Waals surface area contributed by atoms with Crippen LogP contribution in [0.15, 0.2) is 71.8 Å². The number of para-hydroxylation sites is 1. The molecule has 0 aliphatic carbocycles. The zero-order chi connectivity index (χ0) is 29.0. The van der Waals surface area contributed by atoms with E-state index >= 15 is 0 Å². The maximum atomic E-state index is 13.5. The number of primary amides is 1. The van der Waals surface area contributed by atoms with Gasteiger partial charge in [-0.3, -0.25) is 9.36 Å². The van der Waals surface area contributed by atoms with Crippen LogP contribution in [0.5, 0.6) is 0 Å². The van der Waals surface area contributed by atoms with E-state index in [-0.39, 0.29) is 27.9 Å². The number of halogens is 6. The van der Waals surface area contributed by atoms with Gasteiger partial charge in [-0.25, -0.2) is 13.4 Å². The predicted molar refractivity (Wildman–Crippen MR) is 130 cm³/mol. The molecule has 4 aromatic rings. The first kappa shape index (κ1) is 28.1. The molecule has 0 saturated heterocycles. The van der Waals surface area contributed by atoms with Gasteiger partial charge in [0.05, 0.1) is 21.7 Å². The highest BCUT2D eigenvalue weighted by molar-refractivity contribution is 7.89. The highest BCUT2D eigenvalue weighted by atomic mass is 32.2. The summed E-state index contributed by atoms with van der Waals surface area (Å²) in [6, 6.07) is 13.4. The molecule has 0 aliphatic rings. The highest BCUT2D eigenvalue weighted by Gasteiger charge is 2.49. The summed E-state index contributed by atoms with van der Waals surface area (Å²) in [5, 5.41) is -0.193. The first-order valence-corrected chi connectivity index (χ1v) is 12.6. The topological polar surface area (TPSA) is 107 Å². The van der Waals surface area contributed by atoms with E-state index in [0.717, 1.165) is 18.2 Å². The van der Waals surface area contributed by atoms with E-state index in [1.807, 2.05) is 0 Å². The van der Waals surface area contributed by atoms with E-state index < -0.39 is 44.3 Å². The van der Waals surface area contributed by atoms with E-state index in [1.54, 1.807) is 35.1 Å². The van der Waals surface area contributed by atoms with E-state index in [1.165, 1.54) is 16.7 Å². The van der Waals surface area contributed by atoms with E-state index in [2.05, 4.69) is 4.98 Å². The molecule has 2 aromatic carbocycles. The quantitative estimate of drug-likeness (QED) is 0.302. The zero-order valence-corrected chi connectivity index (χ0v) is 21.0. The molecule has 0 spiro atoms. The summed E-state index contributed by atoms with van der Waals surface area (Å²) in [5.41, 5.74) is 1.95. The van der Waals surface area contributed by atoms with Crippen LogP contribution < -0.4 is 10.5 Å². The molecule has 2 heterocycles. The van der Waals surface area contributed by atoms with Gasteiger partial charge in [-0.05, 0) is 49.7 Å². The van der Waals surface area contributed by atoms with Crippen molar-refractivity contribution in [1.82, 2.24) is 14.3 Å². The summed E-state index contributed by atoms with van der Waals surface area (Å²) in [7, 11) is -4.64.